The Morgan fingerprint density at radius 1 is 1.04 bits per heavy atom. The molecule has 47 heavy (non-hydrogen) atoms. The number of nitrogens with one attached hydrogen (secondary N) is 2. The number of carbonyl (C=O) groups is 1. The highest BCUT2D eigenvalue weighted by Crippen LogP contribution is 2.39. The Labute approximate surface area is 278 Å². The molecule has 252 valence electrons. The maximum Gasteiger partial charge on any atom is 0.320 e. The molecule has 2 fully saturated rings. The lowest BCUT2D eigenvalue weighted by Crippen LogP contribution is -2.63. The SMILES string of the molecule is CN=C(C=C(N)C(C)(C)C)NC(=O)NC1CCC(Oc2ccc3nnc(N4CCC5(CC4)CN(C)CCN5C)n3c2)c2ccccc21. The van der Waals surface area contributed by atoms with Crippen molar-refractivity contribution < 1.29 is 9.53 Å². The lowest BCUT2D eigenvalue weighted by molar-refractivity contribution is 0.00926. The molecule has 1 aromatic carbocycles. The van der Waals surface area contributed by atoms with E-state index in [4.69, 9.17) is 10.5 Å². The van der Waals surface area contributed by atoms with Gasteiger partial charge in [0.2, 0.25) is 5.95 Å². The monoisotopic (exact) mass is 642 g/mol. The molecule has 3 aliphatic rings. The van der Waals surface area contributed by atoms with Gasteiger partial charge in [-0.2, -0.15) is 0 Å². The lowest BCUT2D eigenvalue weighted by atomic mass is 9.84. The molecular weight excluding hydrogens is 592 g/mol. The van der Waals surface area contributed by atoms with Crippen LogP contribution in [0.4, 0.5) is 10.7 Å². The second kappa shape index (κ2) is 13.2. The van der Waals surface area contributed by atoms with Gasteiger partial charge in [-0.05, 0) is 69.1 Å². The fourth-order valence-electron chi connectivity index (χ4n) is 7.09. The van der Waals surface area contributed by atoms with Crippen molar-refractivity contribution in [1.82, 2.24) is 35.0 Å². The number of hydrogen-bond donors (Lipinski definition) is 3. The summed E-state index contributed by atoms with van der Waals surface area (Å²) in [7, 11) is 6.14. The van der Waals surface area contributed by atoms with Crippen LogP contribution in [0.5, 0.6) is 5.75 Å². The Kier molecular flexibility index (Phi) is 9.17. The van der Waals surface area contributed by atoms with Crippen LogP contribution in [0.2, 0.25) is 0 Å². The molecule has 1 aliphatic carbocycles. The van der Waals surface area contributed by atoms with Crippen molar-refractivity contribution in [3.63, 3.8) is 0 Å². The number of anilines is 1. The second-order valence-corrected chi connectivity index (χ2v) is 14.4. The molecule has 6 rings (SSSR count). The summed E-state index contributed by atoms with van der Waals surface area (Å²) in [4.78, 5) is 24.6. The molecule has 4 N–H and O–H groups in total. The summed E-state index contributed by atoms with van der Waals surface area (Å²) in [6.45, 7) is 11.3. The van der Waals surface area contributed by atoms with E-state index < -0.39 is 0 Å². The first-order valence-corrected chi connectivity index (χ1v) is 16.7. The zero-order chi connectivity index (χ0) is 33.3. The number of amidine groups is 1. The summed E-state index contributed by atoms with van der Waals surface area (Å²) in [6.07, 6.45) is 7.24. The van der Waals surface area contributed by atoms with Crippen LogP contribution in [-0.4, -0.2) is 95.7 Å². The number of benzene rings is 1. The van der Waals surface area contributed by atoms with E-state index in [9.17, 15) is 4.79 Å². The summed E-state index contributed by atoms with van der Waals surface area (Å²) in [5.41, 5.74) is 9.77. The van der Waals surface area contributed by atoms with E-state index in [1.54, 1.807) is 13.1 Å². The Hall–Kier alpha value is -4.16. The van der Waals surface area contributed by atoms with Gasteiger partial charge >= 0.3 is 6.03 Å². The summed E-state index contributed by atoms with van der Waals surface area (Å²) >= 11 is 0. The van der Waals surface area contributed by atoms with E-state index in [1.807, 2.05) is 51.2 Å². The number of rotatable bonds is 5. The highest BCUT2D eigenvalue weighted by atomic mass is 16.5. The molecule has 0 saturated carbocycles. The zero-order valence-electron chi connectivity index (χ0n) is 28.7. The molecule has 12 nitrogen and oxygen atoms in total. The average Bonchev–Trinajstić information content (AvgIpc) is 3.47. The number of pyridine rings is 1. The minimum Gasteiger partial charge on any atom is -0.484 e. The first kappa shape index (κ1) is 32.8. The molecule has 2 unspecified atom stereocenters. The third-order valence-corrected chi connectivity index (χ3v) is 10.2. The van der Waals surface area contributed by atoms with Gasteiger partial charge in [0, 0.05) is 56.4 Å². The van der Waals surface area contributed by atoms with Crippen LogP contribution in [-0.2, 0) is 0 Å². The zero-order valence-corrected chi connectivity index (χ0v) is 28.7. The summed E-state index contributed by atoms with van der Waals surface area (Å²) in [6, 6.07) is 11.6. The maximum absolute atomic E-state index is 13.0. The van der Waals surface area contributed by atoms with Crippen LogP contribution in [0.25, 0.3) is 5.65 Å². The molecule has 2 saturated heterocycles. The number of aliphatic imine (C=N–C) groups is 1. The number of allylic oxidation sites excluding steroid dienone is 1. The standard InChI is InChI=1S/C35H50N10O2/c1-34(2,3)29(36)21-30(37-4)39-32(46)38-27-12-13-28(26-10-8-7-9-25(26)27)47-24-11-14-31-40-41-33(45(31)22-24)44-17-15-35(16-18-44)23-42(5)19-20-43(35)6/h7-11,14,21-22,27-28H,12-13,15-20,23,36H2,1-6H3,(H2,37,38,39,46). The van der Waals surface area contributed by atoms with Crippen molar-refractivity contribution in [2.75, 3.05) is 58.8 Å². The Morgan fingerprint density at radius 3 is 2.51 bits per heavy atom. The van der Waals surface area contributed by atoms with Gasteiger partial charge in [-0.15, -0.1) is 10.2 Å². The molecule has 3 aromatic rings. The fraction of sp³-hybridized carbons (Fsp3) is 0.543. The average molecular weight is 643 g/mol. The number of carbonyl (C=O) groups excluding carboxylic acids is 1. The van der Waals surface area contributed by atoms with Crippen LogP contribution in [0.15, 0.2) is 59.4 Å². The predicted octanol–water partition coefficient (Wildman–Crippen LogP) is 4.12. The minimum atomic E-state index is -0.320. The number of urea groups is 1. The summed E-state index contributed by atoms with van der Waals surface area (Å²) in [5.74, 6) is 2.04. The maximum atomic E-state index is 13.0. The van der Waals surface area contributed by atoms with Crippen LogP contribution in [0.1, 0.15) is 69.7 Å². The molecule has 2 aromatic heterocycles. The number of aromatic nitrogens is 3. The second-order valence-electron chi connectivity index (χ2n) is 14.4. The van der Waals surface area contributed by atoms with Crippen LogP contribution < -0.4 is 26.0 Å². The number of fused-ring (bicyclic) bond motifs is 2. The van der Waals surface area contributed by atoms with Crippen LogP contribution >= 0.6 is 0 Å². The number of amides is 2. The molecule has 2 atom stereocenters. The normalized spacial score (nSPS) is 22.7. The number of nitrogens with zero attached hydrogens (tertiary/aromatic N) is 7. The van der Waals surface area contributed by atoms with Crippen molar-refractivity contribution in [3.05, 3.63) is 65.5 Å². The Morgan fingerprint density at radius 2 is 1.79 bits per heavy atom. The van der Waals surface area contributed by atoms with Gasteiger partial charge in [0.05, 0.1) is 12.2 Å². The molecule has 2 amide bonds. The van der Waals surface area contributed by atoms with Gasteiger partial charge in [0.1, 0.15) is 17.7 Å². The van der Waals surface area contributed by atoms with Crippen LogP contribution in [0, 0.1) is 5.41 Å². The van der Waals surface area contributed by atoms with Gasteiger partial charge in [-0.3, -0.25) is 19.6 Å². The molecule has 2 aliphatic heterocycles. The van der Waals surface area contributed by atoms with Crippen molar-refractivity contribution in [3.8, 4) is 5.75 Å². The van der Waals surface area contributed by atoms with Crippen molar-refractivity contribution in [2.24, 2.45) is 16.1 Å². The van der Waals surface area contributed by atoms with Gasteiger partial charge < -0.3 is 25.6 Å². The quantitative estimate of drug-likeness (QED) is 0.280. The number of piperazine rings is 1. The van der Waals surface area contributed by atoms with E-state index in [0.717, 1.165) is 86.9 Å². The molecule has 1 spiro atoms. The Balaban J connectivity index is 1.14. The van der Waals surface area contributed by atoms with E-state index in [1.165, 1.54) is 0 Å². The third kappa shape index (κ3) is 6.94. The largest absolute Gasteiger partial charge is 0.484 e. The van der Waals surface area contributed by atoms with Crippen molar-refractivity contribution >= 4 is 23.5 Å². The van der Waals surface area contributed by atoms with E-state index in [-0.39, 0.29) is 29.1 Å². The molecular formula is C35H50N10O2. The minimum absolute atomic E-state index is 0.152. The topological polar surface area (TPSA) is 129 Å². The number of likely N-dealkylation sites (N-methyl/N-ethyl adjacent to an activating group) is 2. The van der Waals surface area contributed by atoms with Crippen molar-refractivity contribution in [2.45, 2.75) is 64.1 Å². The van der Waals surface area contributed by atoms with Gasteiger partial charge in [0.25, 0.3) is 0 Å². The number of nitrogens with two attached hydrogens (primary N) is 1. The molecule has 4 heterocycles. The highest BCUT2D eigenvalue weighted by Gasteiger charge is 2.42. The molecule has 0 bridgehead atoms. The molecule has 12 heteroatoms. The van der Waals surface area contributed by atoms with Crippen LogP contribution in [0.3, 0.4) is 0 Å². The number of ether oxygens (including phenoxy) is 1. The predicted molar refractivity (Wildman–Crippen MR) is 186 cm³/mol. The van der Waals surface area contributed by atoms with Gasteiger partial charge in [0.15, 0.2) is 5.65 Å². The fourth-order valence-corrected chi connectivity index (χ4v) is 7.09. The third-order valence-electron chi connectivity index (χ3n) is 10.2. The lowest BCUT2D eigenvalue weighted by Gasteiger charge is -2.52. The first-order valence-electron chi connectivity index (χ1n) is 16.7. The van der Waals surface area contributed by atoms with Crippen molar-refractivity contribution in [1.29, 1.82) is 0 Å². The first-order chi connectivity index (χ1) is 22.5. The van der Waals surface area contributed by atoms with Gasteiger partial charge in [-0.1, -0.05) is 45.0 Å². The number of hydrogen-bond acceptors (Lipinski definition) is 9. The molecule has 0 radical (unpaired) electrons. The smallest absolute Gasteiger partial charge is 0.320 e. The van der Waals surface area contributed by atoms with E-state index in [0.29, 0.717) is 11.5 Å². The Bertz CT molecular complexity index is 1650. The number of piperidine rings is 1. The summed E-state index contributed by atoms with van der Waals surface area (Å²) < 4.78 is 8.71. The van der Waals surface area contributed by atoms with Gasteiger partial charge in [-0.25, -0.2) is 4.79 Å². The summed E-state index contributed by atoms with van der Waals surface area (Å²) in [5, 5.41) is 15.1. The van der Waals surface area contributed by atoms with E-state index >= 15 is 0 Å². The van der Waals surface area contributed by atoms with E-state index in [2.05, 4.69) is 71.2 Å². The highest BCUT2D eigenvalue weighted by molar-refractivity contribution is 6.04.